The second-order valence-corrected chi connectivity index (χ2v) is 8.85. The van der Waals surface area contributed by atoms with E-state index in [-0.39, 0.29) is 5.91 Å². The molecule has 1 N–H and O–H groups in total. The van der Waals surface area contributed by atoms with E-state index in [2.05, 4.69) is 25.2 Å². The Bertz CT molecular complexity index is 974. The smallest absolute Gasteiger partial charge is 0.263 e. The molecule has 0 spiro atoms. The van der Waals surface area contributed by atoms with E-state index in [0.29, 0.717) is 46.3 Å². The number of carbonyl (C=O) groups is 1. The molecule has 0 saturated carbocycles. The Labute approximate surface area is 193 Å². The van der Waals surface area contributed by atoms with E-state index in [1.165, 1.54) is 17.3 Å². The third kappa shape index (κ3) is 6.02. The zero-order valence-electron chi connectivity index (χ0n) is 18.0. The van der Waals surface area contributed by atoms with Crippen LogP contribution in [0.2, 0.25) is 0 Å². The molecule has 1 aliphatic heterocycles. The minimum Gasteiger partial charge on any atom is -0.493 e. The van der Waals surface area contributed by atoms with Crippen molar-refractivity contribution in [2.24, 2.45) is 0 Å². The van der Waals surface area contributed by atoms with E-state index >= 15 is 0 Å². The van der Waals surface area contributed by atoms with E-state index < -0.39 is 0 Å². The lowest BCUT2D eigenvalue weighted by Gasteiger charge is -2.16. The number of benzene rings is 2. The van der Waals surface area contributed by atoms with Gasteiger partial charge < -0.3 is 19.5 Å². The summed E-state index contributed by atoms with van der Waals surface area (Å²) in [5.41, 5.74) is 2.00. The summed E-state index contributed by atoms with van der Waals surface area (Å²) >= 11 is 6.30. The molecule has 1 heterocycles. The average Bonchev–Trinajstić information content (AvgIpc) is 3.10. The van der Waals surface area contributed by atoms with Gasteiger partial charge in [-0.2, -0.15) is 0 Å². The van der Waals surface area contributed by atoms with Crippen LogP contribution in [0, 0.1) is 0 Å². The highest BCUT2D eigenvalue weighted by Crippen LogP contribution is 2.35. The van der Waals surface area contributed by atoms with E-state index in [9.17, 15) is 4.79 Å². The Morgan fingerprint density at radius 3 is 2.55 bits per heavy atom. The van der Waals surface area contributed by atoms with Crippen LogP contribution >= 0.6 is 24.0 Å². The summed E-state index contributed by atoms with van der Waals surface area (Å²) in [6.45, 7) is 5.39. The fraction of sp³-hybridized carbons (Fsp3) is 0.333. The van der Waals surface area contributed by atoms with Crippen molar-refractivity contribution in [3.8, 4) is 17.2 Å². The van der Waals surface area contributed by atoms with Crippen LogP contribution < -0.4 is 19.5 Å². The fourth-order valence-corrected chi connectivity index (χ4v) is 4.21. The topological polar surface area (TPSA) is 56.8 Å². The van der Waals surface area contributed by atoms with Crippen molar-refractivity contribution < 1.29 is 19.0 Å². The maximum atomic E-state index is 12.0. The van der Waals surface area contributed by atoms with Gasteiger partial charge in [0.05, 0.1) is 25.2 Å². The van der Waals surface area contributed by atoms with Crippen LogP contribution in [0.5, 0.6) is 17.2 Å². The van der Waals surface area contributed by atoms with Crippen LogP contribution in [-0.2, 0) is 4.79 Å². The van der Waals surface area contributed by atoms with Gasteiger partial charge in [-0.05, 0) is 36.1 Å². The highest BCUT2D eigenvalue weighted by molar-refractivity contribution is 8.26. The molecule has 5 nitrogen and oxygen atoms in total. The molecule has 1 unspecified atom stereocenters. The maximum absolute atomic E-state index is 12.0. The first-order valence-electron chi connectivity index (χ1n) is 10.3. The predicted molar refractivity (Wildman–Crippen MR) is 130 cm³/mol. The summed E-state index contributed by atoms with van der Waals surface area (Å²) in [7, 11) is 1.60. The van der Waals surface area contributed by atoms with Crippen molar-refractivity contribution in [1.82, 2.24) is 5.32 Å². The van der Waals surface area contributed by atoms with Crippen LogP contribution in [0.4, 0.5) is 0 Å². The van der Waals surface area contributed by atoms with Crippen LogP contribution in [-0.4, -0.2) is 30.6 Å². The zero-order chi connectivity index (χ0) is 22.2. The third-order valence-corrected chi connectivity index (χ3v) is 6.18. The summed E-state index contributed by atoms with van der Waals surface area (Å²) in [6.07, 6.45) is 3.55. The number of hydrogen-bond donors (Lipinski definition) is 1. The van der Waals surface area contributed by atoms with E-state index in [4.69, 9.17) is 26.4 Å². The molecule has 1 fully saturated rings. The minimum absolute atomic E-state index is 0.197. The van der Waals surface area contributed by atoms with Gasteiger partial charge in [0.2, 0.25) is 0 Å². The van der Waals surface area contributed by atoms with Crippen molar-refractivity contribution in [2.75, 3.05) is 20.3 Å². The molecular weight excluding hydrogens is 430 g/mol. The van der Waals surface area contributed by atoms with Crippen LogP contribution in [0.25, 0.3) is 6.08 Å². The monoisotopic (exact) mass is 457 g/mol. The second kappa shape index (κ2) is 11.2. The van der Waals surface area contributed by atoms with Crippen LogP contribution in [0.1, 0.15) is 43.7 Å². The molecule has 2 aromatic carbocycles. The van der Waals surface area contributed by atoms with Crippen LogP contribution in [0.15, 0.2) is 47.4 Å². The molecule has 1 amide bonds. The molecule has 31 heavy (non-hydrogen) atoms. The third-order valence-electron chi connectivity index (χ3n) is 5.01. The summed E-state index contributed by atoms with van der Waals surface area (Å²) in [5, 5.41) is 2.63. The maximum Gasteiger partial charge on any atom is 0.263 e. The molecule has 164 valence electrons. The molecule has 2 aromatic rings. The van der Waals surface area contributed by atoms with Crippen molar-refractivity contribution in [3.05, 3.63) is 58.5 Å². The molecule has 0 radical (unpaired) electrons. The highest BCUT2D eigenvalue weighted by Gasteiger charge is 2.23. The first-order valence-corrected chi connectivity index (χ1v) is 11.5. The van der Waals surface area contributed by atoms with Gasteiger partial charge in [-0.1, -0.05) is 68.2 Å². The number of thiocarbonyl (C=S) groups is 1. The largest absolute Gasteiger partial charge is 0.493 e. The second-order valence-electron chi connectivity index (χ2n) is 7.13. The number of thioether (sulfide) groups is 1. The number of rotatable bonds is 10. The van der Waals surface area contributed by atoms with Gasteiger partial charge in [-0.25, -0.2) is 0 Å². The lowest BCUT2D eigenvalue weighted by atomic mass is 9.98. The Kier molecular flexibility index (Phi) is 8.37. The summed E-state index contributed by atoms with van der Waals surface area (Å²) in [5.74, 6) is 2.40. The Balaban J connectivity index is 1.63. The summed E-state index contributed by atoms with van der Waals surface area (Å²) < 4.78 is 18.0. The van der Waals surface area contributed by atoms with Crippen molar-refractivity contribution in [2.45, 2.75) is 32.6 Å². The molecule has 0 aliphatic carbocycles. The number of hydrogen-bond acceptors (Lipinski definition) is 6. The van der Waals surface area contributed by atoms with Gasteiger partial charge in [0.1, 0.15) is 10.1 Å². The van der Waals surface area contributed by atoms with Gasteiger partial charge in [-0.15, -0.1) is 0 Å². The summed E-state index contributed by atoms with van der Waals surface area (Å²) in [4.78, 5) is 12.5. The van der Waals surface area contributed by atoms with Crippen molar-refractivity contribution in [3.63, 3.8) is 0 Å². The number of nitrogens with one attached hydrogen (secondary N) is 1. The molecular formula is C24H27NO4S2. The quantitative estimate of drug-likeness (QED) is 0.287. The molecule has 0 aromatic heterocycles. The first kappa shape index (κ1) is 23.2. The average molecular weight is 458 g/mol. The fourth-order valence-electron chi connectivity index (χ4n) is 3.18. The van der Waals surface area contributed by atoms with Gasteiger partial charge in [0.25, 0.3) is 5.91 Å². The van der Waals surface area contributed by atoms with Crippen molar-refractivity contribution in [1.29, 1.82) is 0 Å². The SMILES string of the molecule is CCC(C)c1ccccc1OCCCOc1c(C=C2SC(=S)NC2=O)cccc1OC. The number of carbonyl (C=O) groups excluding carboxylic acids is 1. The zero-order valence-corrected chi connectivity index (χ0v) is 19.6. The Hall–Kier alpha value is -2.51. The number of para-hydroxylation sites is 2. The Morgan fingerprint density at radius 1 is 1.10 bits per heavy atom. The predicted octanol–water partition coefficient (Wildman–Crippen LogP) is 5.55. The first-order chi connectivity index (χ1) is 15.0. The molecule has 1 saturated heterocycles. The van der Waals surface area contributed by atoms with E-state index in [1.54, 1.807) is 13.2 Å². The van der Waals surface area contributed by atoms with Gasteiger partial charge in [0.15, 0.2) is 11.5 Å². The number of ether oxygens (including phenoxy) is 3. The lowest BCUT2D eigenvalue weighted by molar-refractivity contribution is -0.115. The highest BCUT2D eigenvalue weighted by atomic mass is 32.2. The standard InChI is InChI=1S/C24H27NO4S2/c1-4-16(2)18-10-5-6-11-19(18)28-13-8-14-29-22-17(9-7-12-20(22)27-3)15-21-23(26)25-24(30)31-21/h5-7,9-12,15-16H,4,8,13-14H2,1-3H3,(H,25,26,30). The van der Waals surface area contributed by atoms with E-state index in [1.807, 2.05) is 36.4 Å². The molecule has 7 heteroatoms. The van der Waals surface area contributed by atoms with Gasteiger partial charge >= 0.3 is 0 Å². The Morgan fingerprint density at radius 2 is 1.84 bits per heavy atom. The molecule has 0 bridgehead atoms. The number of amides is 1. The molecule has 3 rings (SSSR count). The minimum atomic E-state index is -0.197. The lowest BCUT2D eigenvalue weighted by Crippen LogP contribution is -2.17. The molecule has 1 aliphatic rings. The number of methoxy groups -OCH3 is 1. The van der Waals surface area contributed by atoms with Crippen LogP contribution in [0.3, 0.4) is 0 Å². The van der Waals surface area contributed by atoms with Crippen molar-refractivity contribution >= 4 is 40.3 Å². The van der Waals surface area contributed by atoms with Gasteiger partial charge in [-0.3, -0.25) is 4.79 Å². The normalized spacial score (nSPS) is 15.6. The van der Waals surface area contributed by atoms with E-state index in [0.717, 1.165) is 17.7 Å². The summed E-state index contributed by atoms with van der Waals surface area (Å²) in [6, 6.07) is 13.8. The van der Waals surface area contributed by atoms with Gasteiger partial charge in [0, 0.05) is 12.0 Å². The molecule has 1 atom stereocenters.